The highest BCUT2D eigenvalue weighted by atomic mass is 32.2. The van der Waals surface area contributed by atoms with Gasteiger partial charge in [0, 0.05) is 4.88 Å². The zero-order chi connectivity index (χ0) is 17.9. The van der Waals surface area contributed by atoms with Crippen molar-refractivity contribution >= 4 is 21.4 Å². The van der Waals surface area contributed by atoms with Crippen molar-refractivity contribution in [2.24, 2.45) is 0 Å². The molecule has 0 saturated heterocycles. The van der Waals surface area contributed by atoms with Crippen LogP contribution in [0.5, 0.6) is 5.75 Å². The highest BCUT2D eigenvalue weighted by molar-refractivity contribution is 7.89. The Balaban J connectivity index is 2.04. The lowest BCUT2D eigenvalue weighted by molar-refractivity contribution is 0.402. The van der Waals surface area contributed by atoms with E-state index in [1.807, 2.05) is 60.8 Å². The van der Waals surface area contributed by atoms with Gasteiger partial charge in [-0.1, -0.05) is 42.5 Å². The molecule has 0 aliphatic rings. The van der Waals surface area contributed by atoms with Crippen LogP contribution in [-0.4, -0.2) is 15.5 Å². The number of nitrogens with one attached hydrogen (secondary N) is 1. The lowest BCUT2D eigenvalue weighted by atomic mass is 10.1. The molecule has 0 radical (unpaired) electrons. The summed E-state index contributed by atoms with van der Waals surface area (Å²) in [6.45, 7) is 1.85. The van der Waals surface area contributed by atoms with E-state index in [1.54, 1.807) is 12.1 Å². The summed E-state index contributed by atoms with van der Waals surface area (Å²) < 4.78 is 34.2. The maximum absolute atomic E-state index is 13.1. The van der Waals surface area contributed by atoms with E-state index < -0.39 is 16.1 Å². The van der Waals surface area contributed by atoms with Gasteiger partial charge in [0.15, 0.2) is 0 Å². The van der Waals surface area contributed by atoms with E-state index in [-0.39, 0.29) is 4.90 Å². The third-order valence-corrected chi connectivity index (χ3v) is 6.22. The molecular formula is C19H19NO3S2. The molecule has 6 heteroatoms. The van der Waals surface area contributed by atoms with Crippen LogP contribution in [0.3, 0.4) is 0 Å². The number of hydrogen-bond acceptors (Lipinski definition) is 4. The van der Waals surface area contributed by atoms with Crippen molar-refractivity contribution in [3.05, 3.63) is 82.0 Å². The van der Waals surface area contributed by atoms with Crippen LogP contribution in [0, 0.1) is 6.92 Å². The van der Waals surface area contributed by atoms with Crippen LogP contribution < -0.4 is 9.46 Å². The highest BCUT2D eigenvalue weighted by Crippen LogP contribution is 2.30. The first kappa shape index (κ1) is 17.7. The largest absolute Gasteiger partial charge is 0.495 e. The summed E-state index contributed by atoms with van der Waals surface area (Å²) in [4.78, 5) is 1.08. The van der Waals surface area contributed by atoms with Gasteiger partial charge in [0.05, 0.1) is 13.2 Å². The minimum atomic E-state index is -3.77. The molecule has 0 bridgehead atoms. The predicted molar refractivity (Wildman–Crippen MR) is 101 cm³/mol. The molecule has 0 fully saturated rings. The molecule has 0 spiro atoms. The first-order valence-corrected chi connectivity index (χ1v) is 10.1. The Morgan fingerprint density at radius 3 is 2.44 bits per heavy atom. The van der Waals surface area contributed by atoms with E-state index in [4.69, 9.17) is 4.74 Å². The highest BCUT2D eigenvalue weighted by Gasteiger charge is 2.26. The molecule has 4 nitrogen and oxygen atoms in total. The second-order valence-corrected chi connectivity index (χ2v) is 8.30. The number of benzene rings is 2. The minimum Gasteiger partial charge on any atom is -0.495 e. The van der Waals surface area contributed by atoms with Gasteiger partial charge in [0.25, 0.3) is 0 Å². The number of sulfonamides is 1. The van der Waals surface area contributed by atoms with Gasteiger partial charge >= 0.3 is 0 Å². The van der Waals surface area contributed by atoms with Crippen LogP contribution in [0.1, 0.15) is 22.0 Å². The number of ether oxygens (including phenoxy) is 1. The van der Waals surface area contributed by atoms with Crippen molar-refractivity contribution in [1.29, 1.82) is 0 Å². The summed E-state index contributed by atoms with van der Waals surface area (Å²) in [5.74, 6) is 0.330. The van der Waals surface area contributed by atoms with Crippen molar-refractivity contribution < 1.29 is 13.2 Å². The minimum absolute atomic E-state index is 0.146. The van der Waals surface area contributed by atoms with Crippen molar-refractivity contribution in [3.63, 3.8) is 0 Å². The molecule has 1 heterocycles. The number of hydrogen-bond donors (Lipinski definition) is 1. The fourth-order valence-electron chi connectivity index (χ4n) is 2.60. The van der Waals surface area contributed by atoms with Gasteiger partial charge in [-0.2, -0.15) is 4.72 Å². The fourth-order valence-corrected chi connectivity index (χ4v) is 4.94. The Hall–Kier alpha value is -2.15. The molecule has 25 heavy (non-hydrogen) atoms. The van der Waals surface area contributed by atoms with Crippen molar-refractivity contribution in [3.8, 4) is 5.75 Å². The summed E-state index contributed by atoms with van der Waals surface area (Å²) in [5, 5.41) is 1.94. The second kappa shape index (κ2) is 7.39. The van der Waals surface area contributed by atoms with Gasteiger partial charge < -0.3 is 4.74 Å². The SMILES string of the molecule is COc1ccc(C)cc1S(=O)(=O)N[C@@H](c1ccccc1)c1cccs1. The van der Waals surface area contributed by atoms with Gasteiger partial charge in [0.1, 0.15) is 10.6 Å². The number of aryl methyl sites for hydroxylation is 1. The van der Waals surface area contributed by atoms with Crippen LogP contribution >= 0.6 is 11.3 Å². The Morgan fingerprint density at radius 2 is 1.80 bits per heavy atom. The molecule has 0 aliphatic carbocycles. The van der Waals surface area contributed by atoms with Crippen LogP contribution in [-0.2, 0) is 10.0 Å². The first-order valence-electron chi connectivity index (χ1n) is 7.76. The third kappa shape index (κ3) is 3.92. The Kier molecular flexibility index (Phi) is 5.22. The zero-order valence-electron chi connectivity index (χ0n) is 14.0. The molecule has 1 N–H and O–H groups in total. The van der Waals surface area contributed by atoms with Crippen LogP contribution in [0.15, 0.2) is 70.9 Å². The Morgan fingerprint density at radius 1 is 1.04 bits per heavy atom. The molecule has 3 aromatic rings. The van der Waals surface area contributed by atoms with Gasteiger partial charge in [-0.25, -0.2) is 8.42 Å². The van der Waals surface area contributed by atoms with E-state index in [0.29, 0.717) is 5.75 Å². The summed E-state index contributed by atoms with van der Waals surface area (Å²) in [6, 6.07) is 18.1. The normalized spacial score (nSPS) is 12.7. The van der Waals surface area contributed by atoms with Gasteiger partial charge in [-0.05, 0) is 41.6 Å². The zero-order valence-corrected chi connectivity index (χ0v) is 15.6. The lowest BCUT2D eigenvalue weighted by Crippen LogP contribution is -2.29. The van der Waals surface area contributed by atoms with E-state index in [0.717, 1.165) is 16.0 Å². The number of thiophene rings is 1. The monoisotopic (exact) mass is 373 g/mol. The molecule has 0 saturated carbocycles. The first-order chi connectivity index (χ1) is 12.0. The number of rotatable bonds is 6. The molecule has 0 unspecified atom stereocenters. The maximum atomic E-state index is 13.1. The molecule has 0 aliphatic heterocycles. The van der Waals surface area contributed by atoms with Crippen LogP contribution in [0.2, 0.25) is 0 Å². The maximum Gasteiger partial charge on any atom is 0.245 e. The predicted octanol–water partition coefficient (Wildman–Crippen LogP) is 4.13. The van der Waals surface area contributed by atoms with Gasteiger partial charge in [0.2, 0.25) is 10.0 Å². The molecule has 1 atom stereocenters. The quantitative estimate of drug-likeness (QED) is 0.707. The summed E-state index contributed by atoms with van der Waals surface area (Å²) in [5.41, 5.74) is 1.74. The van der Waals surface area contributed by atoms with Gasteiger partial charge in [-0.3, -0.25) is 0 Å². The average Bonchev–Trinajstić information content (AvgIpc) is 3.15. The lowest BCUT2D eigenvalue weighted by Gasteiger charge is -2.19. The second-order valence-electron chi connectivity index (χ2n) is 5.63. The van der Waals surface area contributed by atoms with Gasteiger partial charge in [-0.15, -0.1) is 11.3 Å². The van der Waals surface area contributed by atoms with E-state index in [2.05, 4.69) is 4.72 Å². The van der Waals surface area contributed by atoms with Crippen molar-refractivity contribution in [1.82, 2.24) is 4.72 Å². The molecule has 0 amide bonds. The van der Waals surface area contributed by atoms with Crippen molar-refractivity contribution in [2.75, 3.05) is 7.11 Å². The van der Waals surface area contributed by atoms with E-state index in [1.165, 1.54) is 18.4 Å². The van der Waals surface area contributed by atoms with Crippen LogP contribution in [0.25, 0.3) is 0 Å². The molecule has 1 aromatic heterocycles. The molecule has 130 valence electrons. The molecule has 2 aromatic carbocycles. The number of methoxy groups -OCH3 is 1. The van der Waals surface area contributed by atoms with E-state index in [9.17, 15) is 8.42 Å². The fraction of sp³-hybridized carbons (Fsp3) is 0.158. The Bertz CT molecular complexity index is 936. The average molecular weight is 373 g/mol. The smallest absolute Gasteiger partial charge is 0.245 e. The standard InChI is InChI=1S/C19H19NO3S2/c1-14-10-11-16(23-2)18(13-14)25(21,22)20-19(17-9-6-12-24-17)15-7-4-3-5-8-15/h3-13,19-20H,1-2H3/t19-/m0/s1. The summed E-state index contributed by atoms with van der Waals surface area (Å²) in [6.07, 6.45) is 0. The molecule has 3 rings (SSSR count). The third-order valence-electron chi connectivity index (χ3n) is 3.84. The molecular weight excluding hydrogens is 354 g/mol. The summed E-state index contributed by atoms with van der Waals surface area (Å²) >= 11 is 1.52. The summed E-state index contributed by atoms with van der Waals surface area (Å²) in [7, 11) is -2.30. The van der Waals surface area contributed by atoms with E-state index >= 15 is 0 Å². The Labute approximate surface area is 152 Å². The topological polar surface area (TPSA) is 55.4 Å². The van der Waals surface area contributed by atoms with Crippen LogP contribution in [0.4, 0.5) is 0 Å². The van der Waals surface area contributed by atoms with Crippen molar-refractivity contribution in [2.45, 2.75) is 17.9 Å².